The first-order valence-electron chi connectivity index (χ1n) is 8.32. The lowest BCUT2D eigenvalue weighted by Gasteiger charge is -2.32. The molecule has 2 aliphatic heterocycles. The quantitative estimate of drug-likeness (QED) is 0.792. The summed E-state index contributed by atoms with van der Waals surface area (Å²) in [5, 5.41) is 0. The molecule has 0 unspecified atom stereocenters. The van der Waals surface area contributed by atoms with E-state index in [2.05, 4.69) is 17.0 Å². The topological polar surface area (TPSA) is 29.5 Å². The maximum atomic E-state index is 12.9. The summed E-state index contributed by atoms with van der Waals surface area (Å²) in [7, 11) is 0. The van der Waals surface area contributed by atoms with Crippen LogP contribution in [0.2, 0.25) is 0 Å². The standard InChI is InChI=1S/C18H21NO2/c20-16-15-14(18(15)9-5-2-6-10-18)13-11-21-17(19(13)16)12-7-3-1-4-8-12/h1,3-4,7-8,13-15,17H,2,5-6,9-11H2/t13-,14-,15-,17-/m1/s1. The normalized spacial score (nSPS) is 39.4. The lowest BCUT2D eigenvalue weighted by molar-refractivity contribution is -0.138. The summed E-state index contributed by atoms with van der Waals surface area (Å²) in [6.45, 7) is 0.730. The molecule has 0 aromatic heterocycles. The van der Waals surface area contributed by atoms with Crippen molar-refractivity contribution in [2.75, 3.05) is 6.61 Å². The molecule has 110 valence electrons. The van der Waals surface area contributed by atoms with Crippen LogP contribution in [0.4, 0.5) is 0 Å². The second-order valence-electron chi connectivity index (χ2n) is 7.21. The Morgan fingerprint density at radius 2 is 1.86 bits per heavy atom. The molecule has 1 aromatic rings. The zero-order chi connectivity index (χ0) is 14.0. The van der Waals surface area contributed by atoms with Gasteiger partial charge in [0.05, 0.1) is 12.6 Å². The van der Waals surface area contributed by atoms with Crippen LogP contribution in [0.15, 0.2) is 30.3 Å². The Labute approximate surface area is 125 Å². The average molecular weight is 283 g/mol. The number of benzene rings is 1. The van der Waals surface area contributed by atoms with Gasteiger partial charge in [0.25, 0.3) is 0 Å². The van der Waals surface area contributed by atoms with E-state index in [0.717, 1.165) is 12.2 Å². The van der Waals surface area contributed by atoms with E-state index in [4.69, 9.17) is 4.74 Å². The van der Waals surface area contributed by atoms with E-state index in [0.29, 0.717) is 29.2 Å². The number of carbonyl (C=O) groups is 1. The predicted octanol–water partition coefficient (Wildman–Crippen LogP) is 3.12. The Morgan fingerprint density at radius 3 is 2.62 bits per heavy atom. The number of hydrogen-bond acceptors (Lipinski definition) is 2. The van der Waals surface area contributed by atoms with Crippen molar-refractivity contribution in [3.63, 3.8) is 0 Å². The molecule has 3 heteroatoms. The molecule has 2 saturated carbocycles. The van der Waals surface area contributed by atoms with Gasteiger partial charge < -0.3 is 9.64 Å². The maximum Gasteiger partial charge on any atom is 0.229 e. The fourth-order valence-electron chi connectivity index (χ4n) is 5.50. The number of amides is 1. The fourth-order valence-corrected chi connectivity index (χ4v) is 5.50. The van der Waals surface area contributed by atoms with Crippen LogP contribution >= 0.6 is 0 Å². The smallest absolute Gasteiger partial charge is 0.229 e. The molecule has 3 nitrogen and oxygen atoms in total. The van der Waals surface area contributed by atoms with E-state index in [1.54, 1.807) is 0 Å². The molecular weight excluding hydrogens is 262 g/mol. The lowest BCUT2D eigenvalue weighted by atomic mass is 9.81. The summed E-state index contributed by atoms with van der Waals surface area (Å²) in [5.41, 5.74) is 1.48. The Balaban J connectivity index is 1.44. The van der Waals surface area contributed by atoms with Crippen molar-refractivity contribution in [1.29, 1.82) is 0 Å². The molecule has 21 heavy (non-hydrogen) atoms. The Bertz CT molecular complexity index is 578. The first kappa shape index (κ1) is 12.2. The van der Waals surface area contributed by atoms with Crippen LogP contribution < -0.4 is 0 Å². The van der Waals surface area contributed by atoms with E-state index in [1.807, 2.05) is 18.2 Å². The third-order valence-electron chi connectivity index (χ3n) is 6.37. The van der Waals surface area contributed by atoms with Gasteiger partial charge in [0.1, 0.15) is 0 Å². The highest BCUT2D eigenvalue weighted by Crippen LogP contribution is 2.73. The van der Waals surface area contributed by atoms with Crippen molar-refractivity contribution >= 4 is 5.91 Å². The number of fused-ring (bicyclic) bond motifs is 5. The van der Waals surface area contributed by atoms with Crippen LogP contribution in [0.1, 0.15) is 43.9 Å². The second-order valence-corrected chi connectivity index (χ2v) is 7.21. The highest BCUT2D eigenvalue weighted by molar-refractivity contribution is 5.88. The Hall–Kier alpha value is -1.35. The monoisotopic (exact) mass is 283 g/mol. The Morgan fingerprint density at radius 1 is 1.10 bits per heavy atom. The minimum atomic E-state index is -0.142. The molecule has 2 saturated heterocycles. The number of nitrogens with zero attached hydrogens (tertiary/aromatic N) is 1. The minimum Gasteiger partial charge on any atom is -0.352 e. The Kier molecular flexibility index (Phi) is 2.38. The molecule has 4 fully saturated rings. The number of carbonyl (C=O) groups excluding carboxylic acids is 1. The highest BCUT2D eigenvalue weighted by atomic mass is 16.5. The van der Waals surface area contributed by atoms with Crippen LogP contribution in [0.25, 0.3) is 0 Å². The summed E-state index contributed by atoms with van der Waals surface area (Å²) in [5.74, 6) is 1.27. The van der Waals surface area contributed by atoms with Crippen LogP contribution in [0, 0.1) is 17.3 Å². The third-order valence-corrected chi connectivity index (χ3v) is 6.37. The molecule has 4 atom stereocenters. The summed E-state index contributed by atoms with van der Waals surface area (Å²) in [6.07, 6.45) is 6.39. The predicted molar refractivity (Wildman–Crippen MR) is 78.3 cm³/mol. The van der Waals surface area contributed by atoms with Gasteiger partial charge in [0, 0.05) is 17.4 Å². The SMILES string of the molecule is O=C1[C@H]2[C@@H]([C@H]3CO[C@H](c4ccccc4)N13)C21CCCCC1. The highest BCUT2D eigenvalue weighted by Gasteiger charge is 2.77. The van der Waals surface area contributed by atoms with E-state index >= 15 is 0 Å². The van der Waals surface area contributed by atoms with Crippen molar-refractivity contribution in [2.24, 2.45) is 17.3 Å². The largest absolute Gasteiger partial charge is 0.352 e. The number of ether oxygens (including phenoxy) is 1. The zero-order valence-corrected chi connectivity index (χ0v) is 12.2. The number of rotatable bonds is 1. The maximum absolute atomic E-state index is 12.9. The molecule has 1 spiro atoms. The van der Waals surface area contributed by atoms with Crippen molar-refractivity contribution in [2.45, 2.75) is 44.4 Å². The van der Waals surface area contributed by atoms with Crippen LogP contribution in [-0.2, 0) is 9.53 Å². The summed E-state index contributed by atoms with van der Waals surface area (Å²) in [6, 6.07) is 10.5. The molecule has 2 aliphatic carbocycles. The summed E-state index contributed by atoms with van der Waals surface area (Å²) < 4.78 is 6.01. The lowest BCUT2D eigenvalue weighted by Crippen LogP contribution is -2.39. The number of hydrogen-bond donors (Lipinski definition) is 0. The molecule has 0 bridgehead atoms. The first-order chi connectivity index (χ1) is 10.3. The van der Waals surface area contributed by atoms with Gasteiger partial charge in [-0.2, -0.15) is 0 Å². The van der Waals surface area contributed by atoms with E-state index in [1.165, 1.54) is 32.1 Å². The molecule has 1 aromatic carbocycles. The van der Waals surface area contributed by atoms with E-state index in [-0.39, 0.29) is 6.23 Å². The summed E-state index contributed by atoms with van der Waals surface area (Å²) >= 11 is 0. The van der Waals surface area contributed by atoms with Crippen LogP contribution in [0.3, 0.4) is 0 Å². The third kappa shape index (κ3) is 1.45. The molecule has 5 rings (SSSR count). The average Bonchev–Trinajstić information content (AvgIpc) is 2.86. The second kappa shape index (κ2) is 4.10. The van der Waals surface area contributed by atoms with Gasteiger partial charge in [-0.05, 0) is 18.3 Å². The van der Waals surface area contributed by atoms with Crippen molar-refractivity contribution in [3.8, 4) is 0 Å². The molecule has 0 N–H and O–H groups in total. The van der Waals surface area contributed by atoms with Crippen molar-refractivity contribution in [1.82, 2.24) is 4.90 Å². The fraction of sp³-hybridized carbons (Fsp3) is 0.611. The molecule has 4 aliphatic rings. The van der Waals surface area contributed by atoms with Gasteiger partial charge in [-0.3, -0.25) is 4.79 Å². The molecule has 0 radical (unpaired) electrons. The summed E-state index contributed by atoms with van der Waals surface area (Å²) in [4.78, 5) is 15.0. The van der Waals surface area contributed by atoms with Gasteiger partial charge >= 0.3 is 0 Å². The van der Waals surface area contributed by atoms with Crippen molar-refractivity contribution < 1.29 is 9.53 Å². The van der Waals surface area contributed by atoms with Crippen LogP contribution in [-0.4, -0.2) is 23.5 Å². The van der Waals surface area contributed by atoms with Gasteiger partial charge in [-0.15, -0.1) is 0 Å². The van der Waals surface area contributed by atoms with Crippen molar-refractivity contribution in [3.05, 3.63) is 35.9 Å². The molecular formula is C18H21NO2. The van der Waals surface area contributed by atoms with Gasteiger partial charge in [0.2, 0.25) is 5.91 Å². The number of piperidine rings is 1. The zero-order valence-electron chi connectivity index (χ0n) is 12.2. The van der Waals surface area contributed by atoms with Gasteiger partial charge in [-0.25, -0.2) is 0 Å². The van der Waals surface area contributed by atoms with E-state index < -0.39 is 0 Å². The molecule has 2 heterocycles. The van der Waals surface area contributed by atoms with Crippen LogP contribution in [0.5, 0.6) is 0 Å². The van der Waals surface area contributed by atoms with Gasteiger partial charge in [0.15, 0.2) is 6.23 Å². The first-order valence-corrected chi connectivity index (χ1v) is 8.32. The van der Waals surface area contributed by atoms with E-state index in [9.17, 15) is 4.79 Å². The van der Waals surface area contributed by atoms with Gasteiger partial charge in [-0.1, -0.05) is 49.6 Å². The minimum absolute atomic E-state index is 0.142. The molecule has 1 amide bonds.